The van der Waals surface area contributed by atoms with Gasteiger partial charge in [-0.3, -0.25) is 0 Å². The molecule has 112 valence electrons. The van der Waals surface area contributed by atoms with Gasteiger partial charge in [0.1, 0.15) is 0 Å². The van der Waals surface area contributed by atoms with Crippen LogP contribution in [0.25, 0.3) is 11.1 Å². The Hall–Kier alpha value is -3.15. The molecule has 6 nitrogen and oxygen atoms in total. The fourth-order valence-electron chi connectivity index (χ4n) is 2.19. The molecule has 0 saturated carbocycles. The maximum atomic E-state index is 11.3. The Morgan fingerprint density at radius 3 is 1.45 bits per heavy atom. The zero-order valence-electron chi connectivity index (χ0n) is 11.3. The van der Waals surface area contributed by atoms with Crippen molar-refractivity contribution in [2.75, 3.05) is 0 Å². The number of benzene rings is 2. The summed E-state index contributed by atoms with van der Waals surface area (Å²) in [6, 6.07) is 14.5. The van der Waals surface area contributed by atoms with Gasteiger partial charge in [0.2, 0.25) is 0 Å². The zero-order chi connectivity index (χ0) is 16.3. The highest BCUT2D eigenvalue weighted by Crippen LogP contribution is 2.28. The molecule has 0 heterocycles. The highest BCUT2D eigenvalue weighted by Gasteiger charge is 2.56. The predicted octanol–water partition coefficient (Wildman–Crippen LogP) is 1.85. The van der Waals surface area contributed by atoms with E-state index < -0.39 is 23.3 Å². The molecule has 2 aromatic rings. The molecule has 0 aliphatic heterocycles. The smallest absolute Gasteiger partial charge is 0.337 e. The van der Waals surface area contributed by atoms with Crippen molar-refractivity contribution in [3.8, 4) is 11.1 Å². The van der Waals surface area contributed by atoms with Gasteiger partial charge in [-0.05, 0) is 16.7 Å². The minimum atomic E-state index is -3.02. The molecular formula is C16H12O6. The molecule has 0 radical (unpaired) electrons. The third-order valence-corrected chi connectivity index (χ3v) is 3.39. The van der Waals surface area contributed by atoms with Crippen LogP contribution >= 0.6 is 0 Å². The van der Waals surface area contributed by atoms with Gasteiger partial charge in [0.15, 0.2) is 0 Å². The van der Waals surface area contributed by atoms with Crippen LogP contribution in [0.1, 0.15) is 5.56 Å². The maximum absolute atomic E-state index is 11.3. The van der Waals surface area contributed by atoms with Crippen molar-refractivity contribution >= 4 is 17.9 Å². The van der Waals surface area contributed by atoms with E-state index in [1.807, 2.05) is 30.3 Å². The van der Waals surface area contributed by atoms with Gasteiger partial charge < -0.3 is 15.3 Å². The Bertz CT molecular complexity index is 682. The van der Waals surface area contributed by atoms with E-state index in [1.54, 1.807) is 0 Å². The molecule has 0 aromatic heterocycles. The summed E-state index contributed by atoms with van der Waals surface area (Å²) in [4.78, 5) is 33.9. The van der Waals surface area contributed by atoms with Crippen LogP contribution in [-0.4, -0.2) is 33.2 Å². The van der Waals surface area contributed by atoms with Crippen LogP contribution in [0.3, 0.4) is 0 Å². The first-order chi connectivity index (χ1) is 10.4. The molecule has 6 heteroatoms. The lowest BCUT2D eigenvalue weighted by Gasteiger charge is -2.20. The van der Waals surface area contributed by atoms with Crippen molar-refractivity contribution in [3.05, 3.63) is 60.2 Å². The second-order valence-corrected chi connectivity index (χ2v) is 4.61. The summed E-state index contributed by atoms with van der Waals surface area (Å²) in [7, 11) is 0. The quantitative estimate of drug-likeness (QED) is 0.726. The lowest BCUT2D eigenvalue weighted by molar-refractivity contribution is -0.167. The zero-order valence-corrected chi connectivity index (χ0v) is 11.3. The fraction of sp³-hybridized carbons (Fsp3) is 0.0625. The summed E-state index contributed by atoms with van der Waals surface area (Å²) in [5, 5.41) is 27.4. The topological polar surface area (TPSA) is 112 Å². The number of rotatable bonds is 5. The third kappa shape index (κ3) is 2.31. The van der Waals surface area contributed by atoms with Crippen LogP contribution in [-0.2, 0) is 19.8 Å². The van der Waals surface area contributed by atoms with E-state index in [0.717, 1.165) is 11.1 Å². The van der Waals surface area contributed by atoms with Gasteiger partial charge >= 0.3 is 17.9 Å². The van der Waals surface area contributed by atoms with Gasteiger partial charge in [0.05, 0.1) is 0 Å². The number of hydrogen-bond acceptors (Lipinski definition) is 3. The van der Waals surface area contributed by atoms with Gasteiger partial charge in [-0.25, -0.2) is 14.4 Å². The predicted molar refractivity (Wildman–Crippen MR) is 76.5 cm³/mol. The molecule has 22 heavy (non-hydrogen) atoms. The molecule has 0 unspecified atom stereocenters. The molecule has 2 rings (SSSR count). The molecule has 0 fully saturated rings. The Morgan fingerprint density at radius 2 is 1.05 bits per heavy atom. The Labute approximate surface area is 125 Å². The maximum Gasteiger partial charge on any atom is 0.337 e. The SMILES string of the molecule is O=C(O)C(C(=O)O)(C(=O)O)c1ccc(-c2ccccc2)cc1. The first kappa shape index (κ1) is 15.2. The first-order valence-electron chi connectivity index (χ1n) is 6.27. The van der Waals surface area contributed by atoms with Gasteiger partial charge in [-0.2, -0.15) is 0 Å². The van der Waals surface area contributed by atoms with Crippen LogP contribution in [0.5, 0.6) is 0 Å². The average molecular weight is 300 g/mol. The number of aliphatic carboxylic acids is 3. The molecule has 0 spiro atoms. The molecular weight excluding hydrogens is 288 g/mol. The number of carboxylic acids is 3. The molecule has 0 saturated heterocycles. The first-order valence-corrected chi connectivity index (χ1v) is 6.27. The van der Waals surface area contributed by atoms with Gasteiger partial charge in [0, 0.05) is 0 Å². The molecule has 0 bridgehead atoms. The van der Waals surface area contributed by atoms with Crippen molar-refractivity contribution in [3.63, 3.8) is 0 Å². The van der Waals surface area contributed by atoms with Gasteiger partial charge in [-0.1, -0.05) is 54.6 Å². The second-order valence-electron chi connectivity index (χ2n) is 4.61. The average Bonchev–Trinajstić information content (AvgIpc) is 2.48. The Morgan fingerprint density at radius 1 is 0.636 bits per heavy atom. The van der Waals surface area contributed by atoms with Crippen molar-refractivity contribution in [1.82, 2.24) is 0 Å². The summed E-state index contributed by atoms with van der Waals surface area (Å²) in [5.74, 6) is -5.83. The number of carbonyl (C=O) groups is 3. The van der Waals surface area contributed by atoms with Crippen LogP contribution in [0.4, 0.5) is 0 Å². The van der Waals surface area contributed by atoms with E-state index in [9.17, 15) is 14.4 Å². The Kier molecular flexibility index (Phi) is 3.94. The summed E-state index contributed by atoms with van der Waals surface area (Å²) >= 11 is 0. The van der Waals surface area contributed by atoms with Crippen molar-refractivity contribution in [1.29, 1.82) is 0 Å². The summed E-state index contributed by atoms with van der Waals surface area (Å²) in [6.45, 7) is 0. The number of hydrogen-bond donors (Lipinski definition) is 3. The van der Waals surface area contributed by atoms with Crippen molar-refractivity contribution in [2.24, 2.45) is 0 Å². The van der Waals surface area contributed by atoms with E-state index in [1.165, 1.54) is 24.3 Å². The molecule has 0 aliphatic carbocycles. The van der Waals surface area contributed by atoms with Crippen molar-refractivity contribution < 1.29 is 29.7 Å². The molecule has 0 aliphatic rings. The lowest BCUT2D eigenvalue weighted by Crippen LogP contribution is -2.50. The number of carboxylic acid groups (broad SMARTS) is 3. The molecule has 0 atom stereocenters. The highest BCUT2D eigenvalue weighted by atomic mass is 16.4. The molecule has 0 amide bonds. The second kappa shape index (κ2) is 5.69. The normalized spacial score (nSPS) is 10.9. The summed E-state index contributed by atoms with van der Waals surface area (Å²) in [5.41, 5.74) is -1.77. The van der Waals surface area contributed by atoms with Crippen molar-refractivity contribution in [2.45, 2.75) is 5.41 Å². The van der Waals surface area contributed by atoms with E-state index in [-0.39, 0.29) is 5.56 Å². The largest absolute Gasteiger partial charge is 0.480 e. The fourth-order valence-corrected chi connectivity index (χ4v) is 2.19. The summed E-state index contributed by atoms with van der Waals surface area (Å²) < 4.78 is 0. The van der Waals surface area contributed by atoms with Crippen LogP contribution in [0, 0.1) is 0 Å². The monoisotopic (exact) mass is 300 g/mol. The van der Waals surface area contributed by atoms with Crippen LogP contribution in [0.2, 0.25) is 0 Å². The van der Waals surface area contributed by atoms with Crippen LogP contribution in [0.15, 0.2) is 54.6 Å². The van der Waals surface area contributed by atoms with E-state index in [4.69, 9.17) is 15.3 Å². The Balaban J connectivity index is 2.54. The minimum Gasteiger partial charge on any atom is -0.480 e. The lowest BCUT2D eigenvalue weighted by atomic mass is 9.80. The van der Waals surface area contributed by atoms with E-state index in [2.05, 4.69) is 0 Å². The standard InChI is InChI=1S/C16H12O6/c17-13(18)16(14(19)20,15(21)22)12-8-6-11(7-9-12)10-4-2-1-3-5-10/h1-9H,(H,17,18)(H,19,20)(H,21,22). The van der Waals surface area contributed by atoms with Crippen LogP contribution < -0.4 is 0 Å². The molecule has 3 N–H and O–H groups in total. The van der Waals surface area contributed by atoms with Gasteiger partial charge in [-0.15, -0.1) is 0 Å². The van der Waals surface area contributed by atoms with E-state index in [0.29, 0.717) is 0 Å². The molecule has 2 aromatic carbocycles. The van der Waals surface area contributed by atoms with Gasteiger partial charge in [0.25, 0.3) is 5.41 Å². The minimum absolute atomic E-state index is 0.320. The third-order valence-electron chi connectivity index (χ3n) is 3.39. The summed E-state index contributed by atoms with van der Waals surface area (Å²) in [6.07, 6.45) is 0. The highest BCUT2D eigenvalue weighted by molar-refractivity contribution is 6.22. The van der Waals surface area contributed by atoms with E-state index >= 15 is 0 Å².